The Kier molecular flexibility index (Phi) is 7.40. The molecule has 3 aromatic rings. The molecule has 2 heterocycles. The number of amides is 2. The highest BCUT2D eigenvalue weighted by Gasteiger charge is 2.36. The minimum atomic E-state index is -0.429. The van der Waals surface area contributed by atoms with Gasteiger partial charge < -0.3 is 28.9 Å². The van der Waals surface area contributed by atoms with E-state index >= 15 is 0 Å². The molecule has 38 heavy (non-hydrogen) atoms. The van der Waals surface area contributed by atoms with E-state index in [0.717, 1.165) is 35.7 Å². The van der Waals surface area contributed by atoms with E-state index in [9.17, 15) is 9.59 Å². The van der Waals surface area contributed by atoms with E-state index in [1.165, 1.54) is 0 Å². The Bertz CT molecular complexity index is 1300. The molecule has 198 valence electrons. The summed E-state index contributed by atoms with van der Waals surface area (Å²) in [6.07, 6.45) is 0.192. The summed E-state index contributed by atoms with van der Waals surface area (Å²) in [7, 11) is 4.83. The monoisotopic (exact) mass is 515 g/mol. The molecule has 8 nitrogen and oxygen atoms in total. The van der Waals surface area contributed by atoms with Crippen LogP contribution in [0.3, 0.4) is 0 Å². The van der Waals surface area contributed by atoms with Crippen molar-refractivity contribution in [2.45, 2.75) is 19.0 Å². The average molecular weight is 516 g/mol. The summed E-state index contributed by atoms with van der Waals surface area (Å²) < 4.78 is 16.2. The molecule has 0 spiro atoms. The summed E-state index contributed by atoms with van der Waals surface area (Å²) in [5.74, 6) is 1.97. The standard InChI is InChI=1S/C30H33N3O5/c1-36-24-11-9-23(10-12-24)31-14-16-32(17-15-31)29(34)19-26(21-8-13-27(37-2)28(18-21)38-3)33-20-22-6-4-5-7-25(22)30(33)35/h4-13,18,26H,14-17,19-20H2,1-3H3/t26-/m0/s1. The molecule has 2 aliphatic rings. The molecule has 5 rings (SSSR count). The van der Waals surface area contributed by atoms with Gasteiger partial charge in [-0.15, -0.1) is 0 Å². The van der Waals surface area contributed by atoms with Gasteiger partial charge in [-0.2, -0.15) is 0 Å². The molecule has 0 aliphatic carbocycles. The number of methoxy groups -OCH3 is 3. The first-order valence-corrected chi connectivity index (χ1v) is 12.8. The van der Waals surface area contributed by atoms with Crippen molar-refractivity contribution in [3.8, 4) is 17.2 Å². The van der Waals surface area contributed by atoms with Crippen molar-refractivity contribution in [2.24, 2.45) is 0 Å². The molecule has 1 atom stereocenters. The van der Waals surface area contributed by atoms with E-state index in [0.29, 0.717) is 36.7 Å². The summed E-state index contributed by atoms with van der Waals surface area (Å²) in [4.78, 5) is 33.0. The fourth-order valence-corrected chi connectivity index (χ4v) is 5.30. The minimum Gasteiger partial charge on any atom is -0.497 e. The first kappa shape index (κ1) is 25.4. The first-order chi connectivity index (χ1) is 18.5. The first-order valence-electron chi connectivity index (χ1n) is 12.8. The van der Waals surface area contributed by atoms with E-state index in [1.54, 1.807) is 26.2 Å². The maximum absolute atomic E-state index is 13.6. The number of piperazine rings is 1. The number of ether oxygens (including phenoxy) is 3. The highest BCUT2D eigenvalue weighted by molar-refractivity contribution is 5.99. The molecule has 0 bridgehead atoms. The van der Waals surface area contributed by atoms with Crippen molar-refractivity contribution in [1.29, 1.82) is 0 Å². The molecule has 0 unspecified atom stereocenters. The van der Waals surface area contributed by atoms with Crippen molar-refractivity contribution in [3.05, 3.63) is 83.4 Å². The third kappa shape index (κ3) is 4.98. The number of fused-ring (bicyclic) bond motifs is 1. The number of anilines is 1. The third-order valence-electron chi connectivity index (χ3n) is 7.46. The van der Waals surface area contributed by atoms with Crippen LogP contribution in [0.25, 0.3) is 0 Å². The van der Waals surface area contributed by atoms with Crippen molar-refractivity contribution in [3.63, 3.8) is 0 Å². The summed E-state index contributed by atoms with van der Waals surface area (Å²) >= 11 is 0. The van der Waals surface area contributed by atoms with E-state index in [2.05, 4.69) is 4.90 Å². The molecule has 0 N–H and O–H groups in total. The Morgan fingerprint density at radius 2 is 1.55 bits per heavy atom. The van der Waals surface area contributed by atoms with Gasteiger partial charge in [0.1, 0.15) is 5.75 Å². The molecule has 1 saturated heterocycles. The van der Waals surface area contributed by atoms with Crippen LogP contribution in [-0.4, -0.2) is 69.1 Å². The van der Waals surface area contributed by atoms with Crippen LogP contribution >= 0.6 is 0 Å². The zero-order valence-corrected chi connectivity index (χ0v) is 22.1. The molecule has 0 saturated carbocycles. The van der Waals surface area contributed by atoms with E-state index in [4.69, 9.17) is 14.2 Å². The molecule has 2 amide bonds. The van der Waals surface area contributed by atoms with Gasteiger partial charge in [-0.3, -0.25) is 9.59 Å². The van der Waals surface area contributed by atoms with Gasteiger partial charge in [-0.25, -0.2) is 0 Å². The van der Waals surface area contributed by atoms with Crippen LogP contribution in [0, 0.1) is 0 Å². The molecule has 0 aromatic heterocycles. The van der Waals surface area contributed by atoms with Gasteiger partial charge in [0.2, 0.25) is 5.91 Å². The van der Waals surface area contributed by atoms with Gasteiger partial charge in [0.25, 0.3) is 5.91 Å². The molecule has 2 aliphatic heterocycles. The highest BCUT2D eigenvalue weighted by Crippen LogP contribution is 2.37. The lowest BCUT2D eigenvalue weighted by Gasteiger charge is -2.37. The second-order valence-electron chi connectivity index (χ2n) is 9.49. The fraction of sp³-hybridized carbons (Fsp3) is 0.333. The van der Waals surface area contributed by atoms with Crippen molar-refractivity contribution >= 4 is 17.5 Å². The van der Waals surface area contributed by atoms with Gasteiger partial charge in [-0.05, 0) is 53.6 Å². The van der Waals surface area contributed by atoms with E-state index < -0.39 is 6.04 Å². The van der Waals surface area contributed by atoms with Crippen LogP contribution in [0.1, 0.15) is 33.9 Å². The Labute approximate surface area is 223 Å². The van der Waals surface area contributed by atoms with Crippen LogP contribution in [0.5, 0.6) is 17.2 Å². The molecule has 1 fully saturated rings. The predicted octanol–water partition coefficient (Wildman–Crippen LogP) is 4.15. The number of rotatable bonds is 8. The molecular formula is C30H33N3O5. The summed E-state index contributed by atoms with van der Waals surface area (Å²) in [5, 5.41) is 0. The second-order valence-corrected chi connectivity index (χ2v) is 9.49. The molecule has 8 heteroatoms. The SMILES string of the molecule is COc1ccc(N2CCN(C(=O)C[C@@H](c3ccc(OC)c(OC)c3)N3Cc4ccccc4C3=O)CC2)cc1. The Hall–Kier alpha value is -4.20. The zero-order chi connectivity index (χ0) is 26.6. The minimum absolute atomic E-state index is 0.0305. The highest BCUT2D eigenvalue weighted by atomic mass is 16.5. The molecule has 3 aromatic carbocycles. The van der Waals surface area contributed by atoms with Crippen LogP contribution in [-0.2, 0) is 11.3 Å². The van der Waals surface area contributed by atoms with Crippen LogP contribution in [0.2, 0.25) is 0 Å². The third-order valence-corrected chi connectivity index (χ3v) is 7.46. The van der Waals surface area contributed by atoms with Gasteiger partial charge in [0, 0.05) is 44.0 Å². The summed E-state index contributed by atoms with van der Waals surface area (Å²) in [6, 6.07) is 20.8. The number of carbonyl (C=O) groups excluding carboxylic acids is 2. The maximum atomic E-state index is 13.6. The number of hydrogen-bond donors (Lipinski definition) is 0. The van der Waals surface area contributed by atoms with E-state index in [-0.39, 0.29) is 18.2 Å². The normalized spacial score (nSPS) is 15.8. The van der Waals surface area contributed by atoms with Gasteiger partial charge >= 0.3 is 0 Å². The number of nitrogens with zero attached hydrogens (tertiary/aromatic N) is 3. The zero-order valence-electron chi connectivity index (χ0n) is 22.1. The maximum Gasteiger partial charge on any atom is 0.255 e. The lowest BCUT2D eigenvalue weighted by molar-refractivity contribution is -0.132. The number of hydrogen-bond acceptors (Lipinski definition) is 6. The quantitative estimate of drug-likeness (QED) is 0.449. The van der Waals surface area contributed by atoms with Gasteiger partial charge in [0.05, 0.1) is 33.8 Å². The second kappa shape index (κ2) is 11.0. The van der Waals surface area contributed by atoms with Crippen molar-refractivity contribution in [2.75, 3.05) is 52.4 Å². The number of benzene rings is 3. The van der Waals surface area contributed by atoms with Crippen LogP contribution in [0.4, 0.5) is 5.69 Å². The smallest absolute Gasteiger partial charge is 0.255 e. The van der Waals surface area contributed by atoms with Crippen LogP contribution < -0.4 is 19.1 Å². The van der Waals surface area contributed by atoms with Crippen LogP contribution in [0.15, 0.2) is 66.7 Å². The summed E-state index contributed by atoms with van der Waals surface area (Å²) in [5.41, 5.74) is 3.62. The number of carbonyl (C=O) groups is 2. The average Bonchev–Trinajstić information content (AvgIpc) is 3.31. The lowest BCUT2D eigenvalue weighted by atomic mass is 10.00. The Morgan fingerprint density at radius 3 is 2.21 bits per heavy atom. The van der Waals surface area contributed by atoms with Gasteiger partial charge in [0.15, 0.2) is 11.5 Å². The predicted molar refractivity (Wildman–Crippen MR) is 145 cm³/mol. The Morgan fingerprint density at radius 1 is 0.842 bits per heavy atom. The van der Waals surface area contributed by atoms with E-state index in [1.807, 2.05) is 71.6 Å². The topological polar surface area (TPSA) is 71.6 Å². The fourth-order valence-electron chi connectivity index (χ4n) is 5.30. The largest absolute Gasteiger partial charge is 0.497 e. The molecule has 0 radical (unpaired) electrons. The Balaban J connectivity index is 1.34. The van der Waals surface area contributed by atoms with Crippen molar-refractivity contribution < 1.29 is 23.8 Å². The van der Waals surface area contributed by atoms with Gasteiger partial charge in [-0.1, -0.05) is 24.3 Å². The van der Waals surface area contributed by atoms with Crippen molar-refractivity contribution in [1.82, 2.24) is 9.80 Å². The molecular weight excluding hydrogens is 482 g/mol. The summed E-state index contributed by atoms with van der Waals surface area (Å²) in [6.45, 7) is 3.20. The lowest BCUT2D eigenvalue weighted by Crippen LogP contribution is -2.49.